The van der Waals surface area contributed by atoms with E-state index >= 15 is 0 Å². The predicted octanol–water partition coefficient (Wildman–Crippen LogP) is -0.0643. The number of likely N-dealkylation sites (N-methyl/N-ethyl adjacent to an activating group) is 1. The fraction of sp³-hybridized carbons (Fsp3) is 0.615. The molecule has 0 radical (unpaired) electrons. The van der Waals surface area contributed by atoms with Crippen molar-refractivity contribution >= 4 is 17.9 Å². The molecule has 2 aliphatic rings. The van der Waals surface area contributed by atoms with Gasteiger partial charge in [-0.25, -0.2) is 4.79 Å². The molecule has 3 N–H and O–H groups in total. The van der Waals surface area contributed by atoms with Gasteiger partial charge in [0.25, 0.3) is 0 Å². The molecule has 0 spiro atoms. The standard InChI is InChI=1S/C13H19N3O4/c1-14-11(17)10-3-2-6-16(10)13(20)15-9-5-4-8(7-9)12(18)19/h4-5,8-10H,2-3,6-7H2,1H3,(H,14,17)(H,15,20)(H,18,19). The van der Waals surface area contributed by atoms with Gasteiger partial charge in [-0.3, -0.25) is 9.59 Å². The minimum atomic E-state index is -0.887. The molecule has 0 aromatic carbocycles. The highest BCUT2D eigenvalue weighted by Gasteiger charge is 2.35. The highest BCUT2D eigenvalue weighted by atomic mass is 16.4. The Morgan fingerprint density at radius 3 is 2.65 bits per heavy atom. The van der Waals surface area contributed by atoms with E-state index in [9.17, 15) is 14.4 Å². The summed E-state index contributed by atoms with van der Waals surface area (Å²) in [4.78, 5) is 36.2. The van der Waals surface area contributed by atoms with Crippen LogP contribution < -0.4 is 10.6 Å². The molecule has 7 heteroatoms. The van der Waals surface area contributed by atoms with E-state index in [-0.39, 0.29) is 18.0 Å². The first kappa shape index (κ1) is 14.4. The zero-order valence-electron chi connectivity index (χ0n) is 11.3. The molecule has 2 rings (SSSR count). The number of amides is 3. The lowest BCUT2D eigenvalue weighted by atomic mass is 10.1. The van der Waals surface area contributed by atoms with Crippen LogP contribution in [0.5, 0.6) is 0 Å². The van der Waals surface area contributed by atoms with Crippen molar-refractivity contribution in [3.63, 3.8) is 0 Å². The first-order valence-electron chi connectivity index (χ1n) is 6.72. The molecule has 7 nitrogen and oxygen atoms in total. The number of nitrogens with zero attached hydrogens (tertiary/aromatic N) is 1. The van der Waals surface area contributed by atoms with Crippen LogP contribution in [0.25, 0.3) is 0 Å². The van der Waals surface area contributed by atoms with Gasteiger partial charge >= 0.3 is 12.0 Å². The average Bonchev–Trinajstić information content (AvgIpc) is 3.06. The van der Waals surface area contributed by atoms with Crippen molar-refractivity contribution in [3.8, 4) is 0 Å². The van der Waals surface area contributed by atoms with E-state index in [0.717, 1.165) is 6.42 Å². The summed E-state index contributed by atoms with van der Waals surface area (Å²) in [7, 11) is 1.55. The molecule has 20 heavy (non-hydrogen) atoms. The molecule has 0 saturated carbocycles. The molecule has 0 aromatic rings. The second kappa shape index (κ2) is 5.94. The summed E-state index contributed by atoms with van der Waals surface area (Å²) in [5, 5.41) is 14.2. The highest BCUT2D eigenvalue weighted by Crippen LogP contribution is 2.21. The molecule has 110 valence electrons. The molecule has 0 bridgehead atoms. The normalized spacial score (nSPS) is 28.4. The molecule has 1 fully saturated rings. The third kappa shape index (κ3) is 2.92. The van der Waals surface area contributed by atoms with Crippen molar-refractivity contribution in [1.29, 1.82) is 0 Å². The predicted molar refractivity (Wildman–Crippen MR) is 71.0 cm³/mol. The SMILES string of the molecule is CNC(=O)C1CCCN1C(=O)NC1C=CC(C(=O)O)C1. The lowest BCUT2D eigenvalue weighted by molar-refractivity contribution is -0.140. The van der Waals surface area contributed by atoms with Gasteiger partial charge in [-0.05, 0) is 19.3 Å². The fourth-order valence-electron chi connectivity index (χ4n) is 2.68. The average molecular weight is 281 g/mol. The van der Waals surface area contributed by atoms with E-state index in [2.05, 4.69) is 10.6 Å². The van der Waals surface area contributed by atoms with Gasteiger partial charge in [0.2, 0.25) is 5.91 Å². The Morgan fingerprint density at radius 2 is 2.05 bits per heavy atom. The summed E-state index contributed by atoms with van der Waals surface area (Å²) in [5.74, 6) is -1.60. The molecule has 1 aliphatic heterocycles. The number of hydrogen-bond acceptors (Lipinski definition) is 3. The molecule has 3 unspecified atom stereocenters. The summed E-state index contributed by atoms with van der Waals surface area (Å²) < 4.78 is 0. The van der Waals surface area contributed by atoms with E-state index in [1.807, 2.05) is 0 Å². The number of rotatable bonds is 3. The van der Waals surface area contributed by atoms with Crippen LogP contribution in [0.1, 0.15) is 19.3 Å². The van der Waals surface area contributed by atoms with Crippen molar-refractivity contribution in [1.82, 2.24) is 15.5 Å². The maximum Gasteiger partial charge on any atom is 0.318 e. The summed E-state index contributed by atoms with van der Waals surface area (Å²) >= 11 is 0. The van der Waals surface area contributed by atoms with Gasteiger partial charge in [0, 0.05) is 13.6 Å². The number of carbonyl (C=O) groups is 3. The molecule has 1 heterocycles. The van der Waals surface area contributed by atoms with Crippen LogP contribution in [0, 0.1) is 5.92 Å². The quantitative estimate of drug-likeness (QED) is 0.631. The largest absolute Gasteiger partial charge is 0.481 e. The Hall–Kier alpha value is -2.05. The third-order valence-corrected chi connectivity index (χ3v) is 3.77. The number of urea groups is 1. The van der Waals surface area contributed by atoms with Crippen LogP contribution >= 0.6 is 0 Å². The van der Waals surface area contributed by atoms with Crippen molar-refractivity contribution in [2.24, 2.45) is 5.92 Å². The van der Waals surface area contributed by atoms with Crippen LogP contribution in [-0.4, -0.2) is 53.6 Å². The number of aliphatic carboxylic acids is 1. The summed E-state index contributed by atoms with van der Waals surface area (Å²) in [5.41, 5.74) is 0. The van der Waals surface area contributed by atoms with Crippen molar-refractivity contribution in [2.45, 2.75) is 31.3 Å². The first-order valence-corrected chi connectivity index (χ1v) is 6.72. The number of nitrogens with one attached hydrogen (secondary N) is 2. The van der Waals surface area contributed by atoms with Crippen LogP contribution in [0.15, 0.2) is 12.2 Å². The minimum Gasteiger partial charge on any atom is -0.481 e. The van der Waals surface area contributed by atoms with Crippen LogP contribution in [-0.2, 0) is 9.59 Å². The molecule has 0 aromatic heterocycles. The number of hydrogen-bond donors (Lipinski definition) is 3. The lowest BCUT2D eigenvalue weighted by Crippen LogP contribution is -2.50. The Kier molecular flexibility index (Phi) is 4.26. The minimum absolute atomic E-state index is 0.164. The second-order valence-corrected chi connectivity index (χ2v) is 5.09. The first-order chi connectivity index (χ1) is 9.52. The summed E-state index contributed by atoms with van der Waals surface area (Å²) in [6, 6.07) is -1.02. The van der Waals surface area contributed by atoms with Crippen LogP contribution in [0.2, 0.25) is 0 Å². The highest BCUT2D eigenvalue weighted by molar-refractivity contribution is 5.87. The van der Waals surface area contributed by atoms with Crippen molar-refractivity contribution in [2.75, 3.05) is 13.6 Å². The molecular formula is C13H19N3O4. The van der Waals surface area contributed by atoms with E-state index < -0.39 is 17.9 Å². The molecule has 3 amide bonds. The van der Waals surface area contributed by atoms with E-state index in [1.165, 1.54) is 4.90 Å². The second-order valence-electron chi connectivity index (χ2n) is 5.09. The van der Waals surface area contributed by atoms with E-state index in [0.29, 0.717) is 19.4 Å². The number of carboxylic acid groups (broad SMARTS) is 1. The Balaban J connectivity index is 1.91. The zero-order valence-corrected chi connectivity index (χ0v) is 11.3. The molecular weight excluding hydrogens is 262 g/mol. The van der Waals surface area contributed by atoms with Gasteiger partial charge in [0.05, 0.1) is 12.0 Å². The zero-order chi connectivity index (χ0) is 14.7. The number of carboxylic acids is 1. The number of carbonyl (C=O) groups excluding carboxylic acids is 2. The fourth-order valence-corrected chi connectivity index (χ4v) is 2.68. The Labute approximate surface area is 117 Å². The smallest absolute Gasteiger partial charge is 0.318 e. The topological polar surface area (TPSA) is 98.7 Å². The van der Waals surface area contributed by atoms with Crippen LogP contribution in [0.4, 0.5) is 4.79 Å². The monoisotopic (exact) mass is 281 g/mol. The summed E-state index contributed by atoms with van der Waals surface area (Å²) in [6.45, 7) is 0.544. The summed E-state index contributed by atoms with van der Waals surface area (Å²) in [6.07, 6.45) is 5.10. The van der Waals surface area contributed by atoms with Crippen LogP contribution in [0.3, 0.4) is 0 Å². The lowest BCUT2D eigenvalue weighted by Gasteiger charge is -2.25. The third-order valence-electron chi connectivity index (χ3n) is 3.77. The van der Waals surface area contributed by atoms with Gasteiger partial charge in [-0.2, -0.15) is 0 Å². The van der Waals surface area contributed by atoms with Gasteiger partial charge < -0.3 is 20.6 Å². The maximum atomic E-state index is 12.2. The van der Waals surface area contributed by atoms with Crippen molar-refractivity contribution < 1.29 is 19.5 Å². The van der Waals surface area contributed by atoms with Gasteiger partial charge in [-0.1, -0.05) is 12.2 Å². The number of likely N-dealkylation sites (tertiary alicyclic amines) is 1. The van der Waals surface area contributed by atoms with Gasteiger partial charge in [0.1, 0.15) is 6.04 Å². The maximum absolute atomic E-state index is 12.2. The molecule has 3 atom stereocenters. The Bertz CT molecular complexity index is 449. The molecule has 1 saturated heterocycles. The molecule has 1 aliphatic carbocycles. The van der Waals surface area contributed by atoms with Crippen molar-refractivity contribution in [3.05, 3.63) is 12.2 Å². The van der Waals surface area contributed by atoms with Gasteiger partial charge in [0.15, 0.2) is 0 Å². The van der Waals surface area contributed by atoms with Gasteiger partial charge in [-0.15, -0.1) is 0 Å². The Morgan fingerprint density at radius 1 is 1.30 bits per heavy atom. The van der Waals surface area contributed by atoms with E-state index in [1.54, 1.807) is 19.2 Å². The van der Waals surface area contributed by atoms with E-state index in [4.69, 9.17) is 5.11 Å².